The van der Waals surface area contributed by atoms with Crippen molar-refractivity contribution in [2.75, 3.05) is 19.5 Å². The van der Waals surface area contributed by atoms with Gasteiger partial charge in [-0.05, 0) is 23.0 Å². The Labute approximate surface area is 135 Å². The first-order chi connectivity index (χ1) is 10.6. The van der Waals surface area contributed by atoms with Crippen molar-refractivity contribution in [2.24, 2.45) is 16.7 Å². The molecule has 0 atom stereocenters. The fourth-order valence-electron chi connectivity index (χ4n) is 3.24. The zero-order chi connectivity index (χ0) is 17.6. The zero-order valence-electron chi connectivity index (χ0n) is 14.3. The van der Waals surface area contributed by atoms with Gasteiger partial charge in [0.25, 0.3) is 0 Å². The molecule has 6 nitrogen and oxygen atoms in total. The molecule has 0 spiro atoms. The average Bonchev–Trinajstić information content (AvgIpc) is 2.87. The molecule has 126 valence electrons. The molecule has 0 radical (unpaired) electrons. The molecule has 1 aromatic carbocycles. The predicted octanol–water partition coefficient (Wildman–Crippen LogP) is 3.02. The van der Waals surface area contributed by atoms with Crippen LogP contribution < -0.4 is 14.8 Å². The molecule has 0 saturated heterocycles. The normalized spacial score (nSPS) is 18.2. The van der Waals surface area contributed by atoms with Gasteiger partial charge in [-0.3, -0.25) is 4.79 Å². The summed E-state index contributed by atoms with van der Waals surface area (Å²) in [5.74, 6) is -0.838. The van der Waals surface area contributed by atoms with E-state index in [0.717, 1.165) is 0 Å². The van der Waals surface area contributed by atoms with Crippen molar-refractivity contribution in [1.82, 2.24) is 0 Å². The highest BCUT2D eigenvalue weighted by atomic mass is 16.5. The smallest absolute Gasteiger partial charge is 0.335 e. The summed E-state index contributed by atoms with van der Waals surface area (Å²) >= 11 is 0. The Bertz CT molecular complexity index is 649. The fraction of sp³-hybridized carbons (Fsp3) is 0.529. The highest BCUT2D eigenvalue weighted by Crippen LogP contribution is 2.68. The first-order valence-electron chi connectivity index (χ1n) is 7.38. The second-order valence-electron chi connectivity index (χ2n) is 6.93. The highest BCUT2D eigenvalue weighted by molar-refractivity contribution is 5.99. The van der Waals surface area contributed by atoms with Crippen LogP contribution >= 0.6 is 0 Å². The highest BCUT2D eigenvalue weighted by Gasteiger charge is 2.68. The SMILES string of the molecule is COc1cc(C(=O)O)cc(NC(=O)C2C(C)(C)C2(C)C)c1OC. The number of hydrogen-bond acceptors (Lipinski definition) is 4. The number of ether oxygens (including phenoxy) is 2. The molecule has 23 heavy (non-hydrogen) atoms. The number of rotatable bonds is 5. The van der Waals surface area contributed by atoms with E-state index >= 15 is 0 Å². The van der Waals surface area contributed by atoms with Crippen molar-refractivity contribution in [3.05, 3.63) is 17.7 Å². The number of amides is 1. The van der Waals surface area contributed by atoms with E-state index in [-0.39, 0.29) is 34.0 Å². The van der Waals surface area contributed by atoms with Crippen molar-refractivity contribution in [2.45, 2.75) is 27.7 Å². The van der Waals surface area contributed by atoms with Gasteiger partial charge in [-0.15, -0.1) is 0 Å². The van der Waals surface area contributed by atoms with Gasteiger partial charge in [0.15, 0.2) is 11.5 Å². The molecule has 1 amide bonds. The van der Waals surface area contributed by atoms with Crippen LogP contribution in [0.1, 0.15) is 38.1 Å². The van der Waals surface area contributed by atoms with Crippen LogP contribution in [-0.2, 0) is 4.79 Å². The van der Waals surface area contributed by atoms with E-state index in [1.54, 1.807) is 0 Å². The molecule has 0 unspecified atom stereocenters. The number of carboxylic acid groups (broad SMARTS) is 1. The third-order valence-corrected chi connectivity index (χ3v) is 5.27. The Balaban J connectivity index is 2.37. The third kappa shape index (κ3) is 2.62. The van der Waals surface area contributed by atoms with Gasteiger partial charge in [0.05, 0.1) is 25.5 Å². The summed E-state index contributed by atoms with van der Waals surface area (Å²) in [6, 6.07) is 2.74. The summed E-state index contributed by atoms with van der Waals surface area (Å²) in [4.78, 5) is 23.9. The molecular formula is C17H23NO5. The van der Waals surface area contributed by atoms with Crippen LogP contribution in [0.5, 0.6) is 11.5 Å². The van der Waals surface area contributed by atoms with Crippen molar-refractivity contribution in [3.63, 3.8) is 0 Å². The maximum atomic E-state index is 12.6. The quantitative estimate of drug-likeness (QED) is 0.871. The number of carboxylic acids is 1. The average molecular weight is 321 g/mol. The van der Waals surface area contributed by atoms with Crippen molar-refractivity contribution in [3.8, 4) is 11.5 Å². The van der Waals surface area contributed by atoms with Crippen molar-refractivity contribution < 1.29 is 24.2 Å². The van der Waals surface area contributed by atoms with E-state index in [1.165, 1.54) is 26.4 Å². The summed E-state index contributed by atoms with van der Waals surface area (Å²) in [5.41, 5.74) is 0.0949. The summed E-state index contributed by atoms with van der Waals surface area (Å²) in [7, 11) is 2.86. The summed E-state index contributed by atoms with van der Waals surface area (Å²) < 4.78 is 10.4. The number of nitrogens with one attached hydrogen (secondary N) is 1. The summed E-state index contributed by atoms with van der Waals surface area (Å²) in [5, 5.41) is 12.0. The fourth-order valence-corrected chi connectivity index (χ4v) is 3.24. The summed E-state index contributed by atoms with van der Waals surface area (Å²) in [6.45, 7) is 8.18. The monoisotopic (exact) mass is 321 g/mol. The van der Waals surface area contributed by atoms with E-state index < -0.39 is 5.97 Å². The summed E-state index contributed by atoms with van der Waals surface area (Å²) in [6.07, 6.45) is 0. The molecule has 1 fully saturated rings. The molecule has 1 aliphatic rings. The lowest BCUT2D eigenvalue weighted by atomic mass is 10.0. The number of aromatic carboxylic acids is 1. The predicted molar refractivity (Wildman–Crippen MR) is 86.2 cm³/mol. The number of anilines is 1. The number of hydrogen-bond donors (Lipinski definition) is 2. The number of benzene rings is 1. The molecule has 1 aliphatic carbocycles. The van der Waals surface area contributed by atoms with Gasteiger partial charge in [0.1, 0.15) is 0 Å². The minimum Gasteiger partial charge on any atom is -0.493 e. The van der Waals surface area contributed by atoms with Gasteiger partial charge in [0.2, 0.25) is 5.91 Å². The molecule has 2 rings (SSSR count). The maximum absolute atomic E-state index is 12.6. The van der Waals surface area contributed by atoms with E-state index in [4.69, 9.17) is 9.47 Å². The van der Waals surface area contributed by atoms with Crippen molar-refractivity contribution >= 4 is 17.6 Å². The minimum absolute atomic E-state index is 0.0206. The topological polar surface area (TPSA) is 84.9 Å². The molecule has 0 aliphatic heterocycles. The minimum atomic E-state index is -1.10. The van der Waals surface area contributed by atoms with Crippen LogP contribution in [0.3, 0.4) is 0 Å². The second-order valence-corrected chi connectivity index (χ2v) is 6.93. The van der Waals surface area contributed by atoms with Gasteiger partial charge >= 0.3 is 5.97 Å². The molecule has 6 heteroatoms. The van der Waals surface area contributed by atoms with Crippen LogP contribution in [0.2, 0.25) is 0 Å². The Morgan fingerprint density at radius 2 is 1.65 bits per heavy atom. The molecule has 0 bridgehead atoms. The van der Waals surface area contributed by atoms with Crippen LogP contribution in [0.25, 0.3) is 0 Å². The Morgan fingerprint density at radius 3 is 2.04 bits per heavy atom. The van der Waals surface area contributed by atoms with Gasteiger partial charge in [-0.25, -0.2) is 4.79 Å². The van der Waals surface area contributed by atoms with Gasteiger partial charge in [0, 0.05) is 5.92 Å². The second kappa shape index (κ2) is 5.44. The standard InChI is InChI=1S/C17H23NO5/c1-16(2)13(17(16,3)4)14(19)18-10-7-9(15(20)21)8-11(22-5)12(10)23-6/h7-8,13H,1-6H3,(H,18,19)(H,20,21). The molecule has 2 N–H and O–H groups in total. The maximum Gasteiger partial charge on any atom is 0.335 e. The van der Waals surface area contributed by atoms with Crippen molar-refractivity contribution in [1.29, 1.82) is 0 Å². The largest absolute Gasteiger partial charge is 0.493 e. The van der Waals surface area contributed by atoms with Crippen LogP contribution in [-0.4, -0.2) is 31.2 Å². The van der Waals surface area contributed by atoms with E-state index in [2.05, 4.69) is 5.32 Å². The first-order valence-corrected chi connectivity index (χ1v) is 7.38. The molecule has 1 saturated carbocycles. The lowest BCUT2D eigenvalue weighted by Gasteiger charge is -2.15. The molecular weight excluding hydrogens is 298 g/mol. The lowest BCUT2D eigenvalue weighted by molar-refractivity contribution is -0.118. The molecule has 0 aromatic heterocycles. The Kier molecular flexibility index (Phi) is 4.05. The van der Waals surface area contributed by atoms with Gasteiger partial charge in [-0.2, -0.15) is 0 Å². The Morgan fingerprint density at radius 1 is 1.09 bits per heavy atom. The number of carbonyl (C=O) groups excluding carboxylic acids is 1. The first kappa shape index (κ1) is 17.1. The van der Waals surface area contributed by atoms with Crippen LogP contribution in [0.15, 0.2) is 12.1 Å². The number of methoxy groups -OCH3 is 2. The van der Waals surface area contributed by atoms with Crippen LogP contribution in [0.4, 0.5) is 5.69 Å². The van der Waals surface area contributed by atoms with Gasteiger partial charge in [-0.1, -0.05) is 27.7 Å². The van der Waals surface area contributed by atoms with Crippen LogP contribution in [0, 0.1) is 16.7 Å². The van der Waals surface area contributed by atoms with E-state index in [9.17, 15) is 14.7 Å². The Hall–Kier alpha value is -2.24. The third-order valence-electron chi connectivity index (χ3n) is 5.27. The number of carbonyl (C=O) groups is 2. The lowest BCUT2D eigenvalue weighted by Crippen LogP contribution is -2.18. The van der Waals surface area contributed by atoms with E-state index in [1.807, 2.05) is 27.7 Å². The van der Waals surface area contributed by atoms with E-state index in [0.29, 0.717) is 11.4 Å². The molecule has 0 heterocycles. The zero-order valence-corrected chi connectivity index (χ0v) is 14.3. The molecule has 1 aromatic rings. The van der Waals surface area contributed by atoms with Gasteiger partial charge < -0.3 is 19.9 Å².